The van der Waals surface area contributed by atoms with Crippen LogP contribution in [0, 0.1) is 0 Å². The molecule has 0 amide bonds. The van der Waals surface area contributed by atoms with E-state index < -0.39 is 23.7 Å². The maximum Gasteiger partial charge on any atom is 0.416 e. The lowest BCUT2D eigenvalue weighted by atomic mass is 9.96. The number of rotatable bonds is 7. The standard InChI is InChI=1S/C22H18ClF3N4O3S/c23-14-3-1-12(17(7-14)22(24,25)26)6-16(11-2-4-18-13(5-11)8-27-30-18)19-20(33)29-21(34-19)28-15(9-31)10-32/h1-5,7-8,15,31-33H,6,9-10H2,(H,28,29). The third-order valence-corrected chi connectivity index (χ3v) is 6.41. The minimum Gasteiger partial charge on any atom is -0.492 e. The van der Waals surface area contributed by atoms with Crippen molar-refractivity contribution in [2.75, 3.05) is 18.5 Å². The van der Waals surface area contributed by atoms with Gasteiger partial charge in [-0.2, -0.15) is 28.4 Å². The minimum atomic E-state index is -4.63. The molecule has 0 bridgehead atoms. The summed E-state index contributed by atoms with van der Waals surface area (Å²) >= 11 is 6.83. The van der Waals surface area contributed by atoms with E-state index in [-0.39, 0.29) is 40.2 Å². The van der Waals surface area contributed by atoms with Crippen molar-refractivity contribution < 1.29 is 28.5 Å². The Bertz CT molecular complexity index is 1370. The molecule has 4 N–H and O–H groups in total. The molecule has 1 aromatic heterocycles. The summed E-state index contributed by atoms with van der Waals surface area (Å²) in [6.45, 7) is -0.758. The smallest absolute Gasteiger partial charge is 0.416 e. The van der Waals surface area contributed by atoms with Crippen LogP contribution in [0.15, 0.2) is 46.6 Å². The zero-order chi connectivity index (χ0) is 24.5. The van der Waals surface area contributed by atoms with E-state index >= 15 is 0 Å². The second-order valence-corrected chi connectivity index (χ2v) is 8.89. The highest BCUT2D eigenvalue weighted by molar-refractivity contribution is 7.17. The van der Waals surface area contributed by atoms with Crippen LogP contribution in [0.1, 0.15) is 21.6 Å². The quantitative estimate of drug-likeness (QED) is 0.391. The molecule has 0 fully saturated rings. The first-order valence-electron chi connectivity index (χ1n) is 9.98. The number of aromatic hydroxyl groups is 1. The Morgan fingerprint density at radius 2 is 1.88 bits per heavy atom. The van der Waals surface area contributed by atoms with Gasteiger partial charge in [0.2, 0.25) is 5.88 Å². The molecule has 178 valence electrons. The number of nitrogens with zero attached hydrogens (tertiary/aromatic N) is 3. The maximum atomic E-state index is 13.8. The van der Waals surface area contributed by atoms with Crippen molar-refractivity contribution in [3.8, 4) is 5.88 Å². The maximum absolute atomic E-state index is 13.8. The lowest BCUT2D eigenvalue weighted by Crippen LogP contribution is -2.27. The SMILES string of the molecule is OCC(CO)Nc1nc(O)c(C(Cc2ccc(Cl)cc2C(F)(F)F)=c2ccc3c(c2)C=NN=3)s1. The number of hydrogen-bond donors (Lipinski definition) is 4. The summed E-state index contributed by atoms with van der Waals surface area (Å²) in [5.41, 5.74) is 0.170. The molecule has 0 unspecified atom stereocenters. The van der Waals surface area contributed by atoms with E-state index in [2.05, 4.69) is 20.5 Å². The van der Waals surface area contributed by atoms with E-state index in [1.54, 1.807) is 18.2 Å². The molecule has 0 spiro atoms. The zero-order valence-corrected chi connectivity index (χ0v) is 18.9. The Morgan fingerprint density at radius 1 is 1.12 bits per heavy atom. The number of fused-ring (bicyclic) bond motifs is 1. The lowest BCUT2D eigenvalue weighted by Gasteiger charge is -2.15. The van der Waals surface area contributed by atoms with E-state index in [9.17, 15) is 28.5 Å². The van der Waals surface area contributed by atoms with Gasteiger partial charge in [-0.3, -0.25) is 0 Å². The molecular weight excluding hydrogens is 493 g/mol. The van der Waals surface area contributed by atoms with Crippen LogP contribution < -0.4 is 15.9 Å². The van der Waals surface area contributed by atoms with Gasteiger partial charge in [0.05, 0.1) is 41.3 Å². The van der Waals surface area contributed by atoms with Gasteiger partial charge < -0.3 is 20.6 Å². The number of aliphatic hydroxyl groups excluding tert-OH is 2. The molecule has 12 heteroatoms. The highest BCUT2D eigenvalue weighted by Crippen LogP contribution is 2.38. The number of nitrogens with one attached hydrogen (secondary N) is 1. The number of alkyl halides is 3. The average Bonchev–Trinajstić information content (AvgIpc) is 3.41. The molecule has 34 heavy (non-hydrogen) atoms. The molecule has 4 rings (SSSR count). The van der Waals surface area contributed by atoms with Crippen molar-refractivity contribution in [1.29, 1.82) is 0 Å². The van der Waals surface area contributed by atoms with Crippen molar-refractivity contribution >= 4 is 39.9 Å². The lowest BCUT2D eigenvalue weighted by molar-refractivity contribution is -0.138. The third kappa shape index (κ3) is 5.07. The summed E-state index contributed by atoms with van der Waals surface area (Å²) in [7, 11) is 0. The molecule has 0 atom stereocenters. The molecule has 2 aromatic carbocycles. The van der Waals surface area contributed by atoms with Crippen molar-refractivity contribution in [1.82, 2.24) is 4.98 Å². The summed E-state index contributed by atoms with van der Waals surface area (Å²) in [5.74, 6) is -0.390. The molecule has 0 saturated heterocycles. The van der Waals surface area contributed by atoms with Crippen LogP contribution in [0.5, 0.6) is 5.88 Å². The van der Waals surface area contributed by atoms with E-state index in [0.29, 0.717) is 21.7 Å². The molecule has 0 saturated carbocycles. The van der Waals surface area contributed by atoms with E-state index in [1.807, 2.05) is 0 Å². The van der Waals surface area contributed by atoms with Gasteiger partial charge in [-0.25, -0.2) is 0 Å². The fourth-order valence-corrected chi connectivity index (χ4v) is 4.63. The van der Waals surface area contributed by atoms with Crippen molar-refractivity contribution in [3.63, 3.8) is 0 Å². The summed E-state index contributed by atoms with van der Waals surface area (Å²) < 4.78 is 41.3. The van der Waals surface area contributed by atoms with Gasteiger partial charge in [-0.15, -0.1) is 0 Å². The topological polar surface area (TPSA) is 110 Å². The van der Waals surface area contributed by atoms with Gasteiger partial charge in [0.25, 0.3) is 0 Å². The predicted molar refractivity (Wildman–Crippen MR) is 123 cm³/mol. The fraction of sp³-hybridized carbons (Fsp3) is 0.227. The molecule has 0 radical (unpaired) electrons. The number of thiazole rings is 1. The molecule has 2 heterocycles. The number of halogens is 4. The van der Waals surface area contributed by atoms with Crippen molar-refractivity contribution in [3.05, 3.63) is 73.6 Å². The molecule has 1 aliphatic heterocycles. The van der Waals surface area contributed by atoms with E-state index in [4.69, 9.17) is 11.6 Å². The average molecular weight is 511 g/mol. The summed E-state index contributed by atoms with van der Waals surface area (Å²) in [6.07, 6.45) is -3.28. The van der Waals surface area contributed by atoms with Crippen LogP contribution in [-0.4, -0.2) is 45.8 Å². The predicted octanol–water partition coefficient (Wildman–Crippen LogP) is 2.69. The minimum absolute atomic E-state index is 0.0309. The highest BCUT2D eigenvalue weighted by atomic mass is 35.5. The monoisotopic (exact) mass is 510 g/mol. The van der Waals surface area contributed by atoms with Crippen molar-refractivity contribution in [2.45, 2.75) is 18.6 Å². The Labute approximate surface area is 200 Å². The fourth-order valence-electron chi connectivity index (χ4n) is 3.45. The van der Waals surface area contributed by atoms with E-state index in [1.165, 1.54) is 18.3 Å². The van der Waals surface area contributed by atoms with Gasteiger partial charge >= 0.3 is 6.18 Å². The highest BCUT2D eigenvalue weighted by Gasteiger charge is 2.34. The second-order valence-electron chi connectivity index (χ2n) is 7.45. The Hall–Kier alpha value is -2.99. The van der Waals surface area contributed by atoms with Crippen LogP contribution in [0.25, 0.3) is 5.57 Å². The molecule has 3 aromatic rings. The van der Waals surface area contributed by atoms with Crippen LogP contribution in [0.3, 0.4) is 0 Å². The summed E-state index contributed by atoms with van der Waals surface area (Å²) in [5, 5.41) is 41.2. The first kappa shape index (κ1) is 24.1. The molecule has 0 aliphatic carbocycles. The number of anilines is 1. The first-order chi connectivity index (χ1) is 16.2. The number of benzene rings is 2. The van der Waals surface area contributed by atoms with Crippen LogP contribution in [-0.2, 0) is 12.6 Å². The van der Waals surface area contributed by atoms with E-state index in [0.717, 1.165) is 17.4 Å². The van der Waals surface area contributed by atoms with Gasteiger partial charge in [0.1, 0.15) is 0 Å². The first-order valence-corrected chi connectivity index (χ1v) is 11.2. The number of hydrogen-bond acceptors (Lipinski definition) is 8. The largest absolute Gasteiger partial charge is 0.492 e. The molecule has 7 nitrogen and oxygen atoms in total. The van der Waals surface area contributed by atoms with Crippen LogP contribution >= 0.6 is 22.9 Å². The van der Waals surface area contributed by atoms with Gasteiger partial charge in [0.15, 0.2) is 5.13 Å². The second kappa shape index (κ2) is 9.71. The molecule has 1 aliphatic rings. The van der Waals surface area contributed by atoms with Crippen LogP contribution in [0.2, 0.25) is 5.02 Å². The molecular formula is C22H18ClF3N4O3S. The summed E-state index contributed by atoms with van der Waals surface area (Å²) in [6, 6.07) is 7.94. The summed E-state index contributed by atoms with van der Waals surface area (Å²) in [4.78, 5) is 4.27. The number of aliphatic hydroxyl groups is 2. The Morgan fingerprint density at radius 3 is 2.59 bits per heavy atom. The van der Waals surface area contributed by atoms with Gasteiger partial charge in [-0.05, 0) is 40.6 Å². The Kier molecular flexibility index (Phi) is 6.89. The van der Waals surface area contributed by atoms with Crippen molar-refractivity contribution in [2.24, 2.45) is 10.2 Å². The van der Waals surface area contributed by atoms with Gasteiger partial charge in [0, 0.05) is 17.0 Å². The number of aromatic nitrogens is 1. The zero-order valence-electron chi connectivity index (χ0n) is 17.3. The van der Waals surface area contributed by atoms with Crippen LogP contribution in [0.4, 0.5) is 18.3 Å². The van der Waals surface area contributed by atoms with Gasteiger partial charge in [-0.1, -0.05) is 35.1 Å². The third-order valence-electron chi connectivity index (χ3n) is 5.13. The normalized spacial score (nSPS) is 13.7. The Balaban J connectivity index is 1.88.